The van der Waals surface area contributed by atoms with E-state index in [4.69, 9.17) is 5.26 Å². The highest BCUT2D eigenvalue weighted by molar-refractivity contribution is 14.0. The molecule has 0 fully saturated rings. The lowest BCUT2D eigenvalue weighted by Gasteiger charge is -2.30. The highest BCUT2D eigenvalue weighted by Crippen LogP contribution is 2.19. The molecule has 5 nitrogen and oxygen atoms in total. The molecule has 0 saturated carbocycles. The van der Waals surface area contributed by atoms with Crippen LogP contribution in [0.25, 0.3) is 0 Å². The third kappa shape index (κ3) is 7.29. The lowest BCUT2D eigenvalue weighted by molar-refractivity contribution is 0.219. The number of hydrogen-bond donors (Lipinski definition) is 2. The molecule has 2 aromatic rings. The summed E-state index contributed by atoms with van der Waals surface area (Å²) >= 11 is 0. The van der Waals surface area contributed by atoms with Crippen LogP contribution in [0.15, 0.2) is 53.5 Å². The van der Waals surface area contributed by atoms with Gasteiger partial charge in [-0.05, 0) is 30.8 Å². The predicted octanol–water partition coefficient (Wildman–Crippen LogP) is 4.06. The molecule has 0 radical (unpaired) electrons. The zero-order chi connectivity index (χ0) is 20.4. The summed E-state index contributed by atoms with van der Waals surface area (Å²) in [5, 5.41) is 15.3. The summed E-state index contributed by atoms with van der Waals surface area (Å²) in [5.41, 5.74) is 2.05. The molecule has 0 bridgehead atoms. The summed E-state index contributed by atoms with van der Waals surface area (Å²) in [6.07, 6.45) is 0. The third-order valence-corrected chi connectivity index (χ3v) is 4.75. The topological polar surface area (TPSA) is 63.4 Å². The molecule has 0 aromatic heterocycles. The lowest BCUT2D eigenvalue weighted by Crippen LogP contribution is -2.43. The molecule has 0 aliphatic carbocycles. The first-order valence-corrected chi connectivity index (χ1v) is 9.54. The Bertz CT molecular complexity index is 816. The minimum atomic E-state index is -0.396. The molecule has 29 heavy (non-hydrogen) atoms. The molecule has 0 spiro atoms. The smallest absolute Gasteiger partial charge is 0.191 e. The normalized spacial score (nSPS) is 12.1. The van der Waals surface area contributed by atoms with Gasteiger partial charge in [-0.3, -0.25) is 9.89 Å². The van der Waals surface area contributed by atoms with E-state index < -0.39 is 5.82 Å². The van der Waals surface area contributed by atoms with Gasteiger partial charge in [0.1, 0.15) is 5.82 Å². The third-order valence-electron chi connectivity index (χ3n) is 4.75. The first-order chi connectivity index (χ1) is 13.6. The molecule has 7 heteroatoms. The molecule has 1 unspecified atom stereocenters. The van der Waals surface area contributed by atoms with Gasteiger partial charge >= 0.3 is 0 Å². The monoisotopic (exact) mass is 509 g/mol. The maximum atomic E-state index is 14.1. The van der Waals surface area contributed by atoms with Crippen LogP contribution < -0.4 is 10.6 Å². The van der Waals surface area contributed by atoms with Gasteiger partial charge in [0, 0.05) is 25.7 Å². The number of guanidine groups is 1. The molecule has 1 atom stereocenters. The molecular weight excluding hydrogens is 480 g/mol. The lowest BCUT2D eigenvalue weighted by atomic mass is 10.1. The van der Waals surface area contributed by atoms with Crippen molar-refractivity contribution in [2.24, 2.45) is 4.99 Å². The second-order valence-corrected chi connectivity index (χ2v) is 6.37. The van der Waals surface area contributed by atoms with Crippen LogP contribution in [0.3, 0.4) is 0 Å². The summed E-state index contributed by atoms with van der Waals surface area (Å²) < 4.78 is 14.1. The fourth-order valence-electron chi connectivity index (χ4n) is 3.15. The maximum Gasteiger partial charge on any atom is 0.191 e. The molecule has 156 valence electrons. The number of aliphatic imine (C=N–C) groups is 1. The average Bonchev–Trinajstić information content (AvgIpc) is 2.74. The number of likely N-dealkylation sites (N-methyl/N-ethyl adjacent to an activating group) is 1. The van der Waals surface area contributed by atoms with E-state index in [1.165, 1.54) is 11.6 Å². The van der Waals surface area contributed by atoms with E-state index in [1.54, 1.807) is 19.2 Å². The van der Waals surface area contributed by atoms with Crippen molar-refractivity contribution < 1.29 is 4.39 Å². The number of halogens is 2. The van der Waals surface area contributed by atoms with Crippen LogP contribution in [0, 0.1) is 17.1 Å². The molecule has 0 amide bonds. The van der Waals surface area contributed by atoms with Gasteiger partial charge < -0.3 is 10.6 Å². The van der Waals surface area contributed by atoms with Crippen LogP contribution in [0.2, 0.25) is 0 Å². The Hall–Kier alpha value is -2.18. The number of hydrogen-bond acceptors (Lipinski definition) is 3. The Balaban J connectivity index is 0.00000420. The summed E-state index contributed by atoms with van der Waals surface area (Å²) in [6.45, 7) is 7.17. The van der Waals surface area contributed by atoms with Crippen molar-refractivity contribution in [3.63, 3.8) is 0 Å². The van der Waals surface area contributed by atoms with Crippen LogP contribution >= 0.6 is 24.0 Å². The fourth-order valence-corrected chi connectivity index (χ4v) is 3.15. The van der Waals surface area contributed by atoms with Gasteiger partial charge in [-0.1, -0.05) is 50.2 Å². The Morgan fingerprint density at radius 2 is 1.83 bits per heavy atom. The summed E-state index contributed by atoms with van der Waals surface area (Å²) in [6, 6.07) is 17.0. The molecule has 0 aliphatic heterocycles. The SMILES string of the molecule is CCN(CC)C(CNC(=NC)NCc1ccc(C#N)cc1F)c1ccccc1.I. The van der Waals surface area contributed by atoms with E-state index in [-0.39, 0.29) is 30.0 Å². The number of rotatable bonds is 8. The standard InChI is InChI=1S/C22H28FN5.HI/c1-4-28(5-2)21(18-9-7-6-8-10-18)16-27-22(25-3)26-15-19-12-11-17(14-24)13-20(19)23;/h6-13,21H,4-5,15-16H2,1-3H3,(H2,25,26,27);1H. The number of benzene rings is 2. The van der Waals surface area contributed by atoms with Crippen LogP contribution in [-0.2, 0) is 6.54 Å². The molecule has 2 rings (SSSR count). The largest absolute Gasteiger partial charge is 0.354 e. The van der Waals surface area contributed by atoms with Crippen molar-refractivity contribution in [1.29, 1.82) is 5.26 Å². The van der Waals surface area contributed by atoms with E-state index in [2.05, 4.69) is 46.5 Å². The van der Waals surface area contributed by atoms with Crippen LogP contribution in [0.5, 0.6) is 0 Å². The molecule has 0 saturated heterocycles. The summed E-state index contributed by atoms with van der Waals surface area (Å²) in [4.78, 5) is 6.63. The highest BCUT2D eigenvalue weighted by Gasteiger charge is 2.18. The van der Waals surface area contributed by atoms with Crippen molar-refractivity contribution in [3.05, 3.63) is 71.0 Å². The van der Waals surface area contributed by atoms with Gasteiger partial charge in [0.2, 0.25) is 0 Å². The fraction of sp³-hybridized carbons (Fsp3) is 0.364. The van der Waals surface area contributed by atoms with Gasteiger partial charge in [-0.2, -0.15) is 5.26 Å². The Labute approximate surface area is 190 Å². The van der Waals surface area contributed by atoms with Gasteiger partial charge in [-0.15, -0.1) is 24.0 Å². The minimum absolute atomic E-state index is 0. The minimum Gasteiger partial charge on any atom is -0.354 e. The van der Waals surface area contributed by atoms with Gasteiger partial charge in [-0.25, -0.2) is 4.39 Å². The Morgan fingerprint density at radius 3 is 2.38 bits per heavy atom. The molecule has 2 aromatic carbocycles. The van der Waals surface area contributed by atoms with E-state index in [1.807, 2.05) is 24.3 Å². The van der Waals surface area contributed by atoms with Crippen molar-refractivity contribution in [2.75, 3.05) is 26.7 Å². The first kappa shape index (κ1) is 24.9. The van der Waals surface area contributed by atoms with Crippen LogP contribution in [0.1, 0.15) is 36.6 Å². The van der Waals surface area contributed by atoms with Crippen LogP contribution in [-0.4, -0.2) is 37.5 Å². The van der Waals surface area contributed by atoms with Gasteiger partial charge in [0.05, 0.1) is 17.7 Å². The van der Waals surface area contributed by atoms with Gasteiger partial charge in [0.25, 0.3) is 0 Å². The zero-order valence-corrected chi connectivity index (χ0v) is 19.5. The van der Waals surface area contributed by atoms with Crippen molar-refractivity contribution in [2.45, 2.75) is 26.4 Å². The number of nitrogens with one attached hydrogen (secondary N) is 2. The summed E-state index contributed by atoms with van der Waals surface area (Å²) in [7, 11) is 1.69. The maximum absolute atomic E-state index is 14.1. The number of nitriles is 1. The van der Waals surface area contributed by atoms with E-state index in [9.17, 15) is 4.39 Å². The van der Waals surface area contributed by atoms with Crippen molar-refractivity contribution >= 4 is 29.9 Å². The Morgan fingerprint density at radius 1 is 1.14 bits per heavy atom. The van der Waals surface area contributed by atoms with Crippen molar-refractivity contribution in [3.8, 4) is 6.07 Å². The quantitative estimate of drug-likeness (QED) is 0.320. The van der Waals surface area contributed by atoms with Gasteiger partial charge in [0.15, 0.2) is 5.96 Å². The highest BCUT2D eigenvalue weighted by atomic mass is 127. The van der Waals surface area contributed by atoms with E-state index in [0.717, 1.165) is 13.1 Å². The average molecular weight is 509 g/mol. The van der Waals surface area contributed by atoms with Crippen LogP contribution in [0.4, 0.5) is 4.39 Å². The zero-order valence-electron chi connectivity index (χ0n) is 17.2. The molecular formula is C22H29FIN5. The summed E-state index contributed by atoms with van der Waals surface area (Å²) in [5.74, 6) is 0.212. The van der Waals surface area contributed by atoms with E-state index in [0.29, 0.717) is 30.2 Å². The second kappa shape index (κ2) is 13.1. The first-order valence-electron chi connectivity index (χ1n) is 9.54. The number of nitrogens with zero attached hydrogens (tertiary/aromatic N) is 3. The molecule has 0 heterocycles. The Kier molecular flexibility index (Phi) is 11.2. The molecule has 2 N–H and O–H groups in total. The second-order valence-electron chi connectivity index (χ2n) is 6.37. The van der Waals surface area contributed by atoms with Crippen molar-refractivity contribution in [1.82, 2.24) is 15.5 Å². The molecule has 0 aliphatic rings. The van der Waals surface area contributed by atoms with E-state index >= 15 is 0 Å². The predicted molar refractivity (Wildman–Crippen MR) is 127 cm³/mol.